The molecule has 94 valence electrons. The van der Waals surface area contributed by atoms with Gasteiger partial charge in [0.05, 0.1) is 0 Å². The van der Waals surface area contributed by atoms with Crippen LogP contribution < -0.4 is 5.73 Å². The van der Waals surface area contributed by atoms with Gasteiger partial charge in [-0.2, -0.15) is 0 Å². The van der Waals surface area contributed by atoms with E-state index in [4.69, 9.17) is 5.73 Å². The Kier molecular flexibility index (Phi) is 4.13. The van der Waals surface area contributed by atoms with Crippen molar-refractivity contribution in [3.8, 4) is 0 Å². The fourth-order valence-electron chi connectivity index (χ4n) is 2.86. The van der Waals surface area contributed by atoms with E-state index in [1.54, 1.807) is 0 Å². The Morgan fingerprint density at radius 1 is 1.47 bits per heavy atom. The number of nitrogens with two attached hydrogens (primary N) is 1. The van der Waals surface area contributed by atoms with Gasteiger partial charge in [0.15, 0.2) is 0 Å². The van der Waals surface area contributed by atoms with Gasteiger partial charge in [0.2, 0.25) is 0 Å². The highest BCUT2D eigenvalue weighted by molar-refractivity contribution is 5.17. The van der Waals surface area contributed by atoms with Crippen LogP contribution in [0.1, 0.15) is 38.3 Å². The van der Waals surface area contributed by atoms with Crippen LogP contribution in [0.5, 0.6) is 0 Å². The zero-order valence-electron chi connectivity index (χ0n) is 10.8. The van der Waals surface area contributed by atoms with E-state index in [0.717, 1.165) is 5.92 Å². The average Bonchev–Trinajstić information content (AvgIpc) is 2.79. The average molecular weight is 233 g/mol. The molecule has 3 heteroatoms. The quantitative estimate of drug-likeness (QED) is 0.867. The molecule has 0 spiro atoms. The minimum Gasteiger partial charge on any atom is -0.326 e. The highest BCUT2D eigenvalue weighted by Gasteiger charge is 2.30. The molecule has 1 aliphatic rings. The van der Waals surface area contributed by atoms with E-state index >= 15 is 0 Å². The predicted molar refractivity (Wildman–Crippen MR) is 70.6 cm³/mol. The van der Waals surface area contributed by atoms with Crippen molar-refractivity contribution in [1.82, 2.24) is 9.88 Å². The number of rotatable bonds is 4. The summed E-state index contributed by atoms with van der Waals surface area (Å²) in [4.78, 5) is 6.62. The van der Waals surface area contributed by atoms with E-state index in [1.165, 1.54) is 31.5 Å². The van der Waals surface area contributed by atoms with Gasteiger partial charge >= 0.3 is 0 Å². The lowest BCUT2D eigenvalue weighted by molar-refractivity contribution is 0.210. The second-order valence-electron chi connectivity index (χ2n) is 5.14. The molecule has 0 amide bonds. The molecular weight excluding hydrogens is 210 g/mol. The molecule has 0 saturated carbocycles. The molecule has 2 rings (SSSR count). The minimum atomic E-state index is 0.160. The highest BCUT2D eigenvalue weighted by Crippen LogP contribution is 2.30. The van der Waals surface area contributed by atoms with Crippen molar-refractivity contribution in [3.05, 3.63) is 30.1 Å². The molecule has 17 heavy (non-hydrogen) atoms. The predicted octanol–water partition coefficient (Wildman–Crippen LogP) is 2.20. The third-order valence-corrected chi connectivity index (χ3v) is 3.83. The Bertz CT molecular complexity index is 337. The zero-order chi connectivity index (χ0) is 12.3. The van der Waals surface area contributed by atoms with Crippen molar-refractivity contribution in [2.75, 3.05) is 13.1 Å². The van der Waals surface area contributed by atoms with Gasteiger partial charge in [-0.25, -0.2) is 0 Å². The Morgan fingerprint density at radius 3 is 2.71 bits per heavy atom. The van der Waals surface area contributed by atoms with Crippen molar-refractivity contribution in [2.45, 2.75) is 38.8 Å². The Hall–Kier alpha value is -0.930. The van der Waals surface area contributed by atoms with Crippen LogP contribution in [0.4, 0.5) is 0 Å². The smallest absolute Gasteiger partial charge is 0.0497 e. The van der Waals surface area contributed by atoms with Gasteiger partial charge in [-0.3, -0.25) is 9.88 Å². The molecule has 3 nitrogen and oxygen atoms in total. The topological polar surface area (TPSA) is 42.2 Å². The molecule has 1 aliphatic heterocycles. The lowest BCUT2D eigenvalue weighted by atomic mass is 10.0. The third kappa shape index (κ3) is 2.85. The van der Waals surface area contributed by atoms with Crippen LogP contribution in [0.2, 0.25) is 0 Å². The number of pyridine rings is 1. The first-order chi connectivity index (χ1) is 8.22. The molecule has 1 aromatic heterocycles. The number of likely N-dealkylation sites (tertiary alicyclic amines) is 1. The van der Waals surface area contributed by atoms with Gasteiger partial charge in [-0.1, -0.05) is 13.3 Å². The van der Waals surface area contributed by atoms with E-state index in [2.05, 4.69) is 35.9 Å². The summed E-state index contributed by atoms with van der Waals surface area (Å²) in [6, 6.07) is 4.68. The maximum Gasteiger partial charge on any atom is 0.0497 e. The summed E-state index contributed by atoms with van der Waals surface area (Å²) in [7, 11) is 0. The fourth-order valence-corrected chi connectivity index (χ4v) is 2.86. The summed E-state index contributed by atoms with van der Waals surface area (Å²) >= 11 is 0. The fraction of sp³-hybridized carbons (Fsp3) is 0.643. The summed E-state index contributed by atoms with van der Waals surface area (Å²) in [5, 5.41) is 0. The number of hydrogen-bond donors (Lipinski definition) is 1. The molecule has 0 aliphatic carbocycles. The summed E-state index contributed by atoms with van der Waals surface area (Å²) in [6.45, 7) is 6.74. The molecule has 1 fully saturated rings. The first-order valence-corrected chi connectivity index (χ1v) is 6.62. The van der Waals surface area contributed by atoms with E-state index in [1.807, 2.05) is 12.4 Å². The van der Waals surface area contributed by atoms with E-state index in [0.29, 0.717) is 6.04 Å². The van der Waals surface area contributed by atoms with Crippen LogP contribution in [-0.2, 0) is 0 Å². The van der Waals surface area contributed by atoms with Crippen molar-refractivity contribution >= 4 is 0 Å². The SMILES string of the molecule is CCC1CCN(C(c2ccncc2)C(C)N)C1. The second kappa shape index (κ2) is 5.61. The zero-order valence-corrected chi connectivity index (χ0v) is 10.8. The van der Waals surface area contributed by atoms with Crippen molar-refractivity contribution in [3.63, 3.8) is 0 Å². The first-order valence-electron chi connectivity index (χ1n) is 6.62. The molecule has 0 bridgehead atoms. The Labute approximate surface area is 104 Å². The maximum absolute atomic E-state index is 6.17. The van der Waals surface area contributed by atoms with E-state index < -0.39 is 0 Å². The standard InChI is InChI=1S/C14H23N3/c1-3-12-6-9-17(10-12)14(11(2)15)13-4-7-16-8-5-13/h4-5,7-8,11-12,14H,3,6,9-10,15H2,1-2H3. The van der Waals surface area contributed by atoms with Gasteiger partial charge in [0.25, 0.3) is 0 Å². The number of aromatic nitrogens is 1. The van der Waals surface area contributed by atoms with Gasteiger partial charge in [0.1, 0.15) is 0 Å². The maximum atomic E-state index is 6.17. The Balaban J connectivity index is 2.14. The molecule has 3 atom stereocenters. The lowest BCUT2D eigenvalue weighted by Crippen LogP contribution is -2.38. The molecular formula is C14H23N3. The van der Waals surface area contributed by atoms with Gasteiger partial charge in [-0.05, 0) is 43.5 Å². The molecule has 1 saturated heterocycles. The Morgan fingerprint density at radius 2 is 2.18 bits per heavy atom. The van der Waals surface area contributed by atoms with Crippen molar-refractivity contribution < 1.29 is 0 Å². The second-order valence-corrected chi connectivity index (χ2v) is 5.14. The molecule has 0 radical (unpaired) electrons. The summed E-state index contributed by atoms with van der Waals surface area (Å²) < 4.78 is 0. The van der Waals surface area contributed by atoms with Gasteiger partial charge in [0, 0.05) is 31.0 Å². The highest BCUT2D eigenvalue weighted by atomic mass is 15.2. The summed E-state index contributed by atoms with van der Waals surface area (Å²) in [6.07, 6.45) is 6.31. The van der Waals surface area contributed by atoms with E-state index in [-0.39, 0.29) is 6.04 Å². The van der Waals surface area contributed by atoms with Crippen LogP contribution in [0.3, 0.4) is 0 Å². The molecule has 1 aromatic rings. The molecule has 0 aromatic carbocycles. The third-order valence-electron chi connectivity index (χ3n) is 3.83. The van der Waals surface area contributed by atoms with Gasteiger partial charge in [-0.15, -0.1) is 0 Å². The van der Waals surface area contributed by atoms with Crippen LogP contribution in [0, 0.1) is 5.92 Å². The van der Waals surface area contributed by atoms with Gasteiger partial charge < -0.3 is 5.73 Å². The monoisotopic (exact) mass is 233 g/mol. The minimum absolute atomic E-state index is 0.160. The summed E-state index contributed by atoms with van der Waals surface area (Å²) in [5.41, 5.74) is 7.47. The van der Waals surface area contributed by atoms with E-state index in [9.17, 15) is 0 Å². The molecule has 2 heterocycles. The largest absolute Gasteiger partial charge is 0.326 e. The molecule has 2 N–H and O–H groups in total. The number of hydrogen-bond acceptors (Lipinski definition) is 3. The van der Waals surface area contributed by atoms with Crippen LogP contribution in [-0.4, -0.2) is 29.0 Å². The van der Waals surface area contributed by atoms with Crippen LogP contribution in [0.25, 0.3) is 0 Å². The van der Waals surface area contributed by atoms with Crippen molar-refractivity contribution in [2.24, 2.45) is 11.7 Å². The normalized spacial score (nSPS) is 24.8. The summed E-state index contributed by atoms with van der Waals surface area (Å²) in [5.74, 6) is 0.845. The molecule has 3 unspecified atom stereocenters. The van der Waals surface area contributed by atoms with Crippen LogP contribution >= 0.6 is 0 Å². The first kappa shape index (κ1) is 12.5. The lowest BCUT2D eigenvalue weighted by Gasteiger charge is -2.31. The van der Waals surface area contributed by atoms with Crippen LogP contribution in [0.15, 0.2) is 24.5 Å². The van der Waals surface area contributed by atoms with Crippen molar-refractivity contribution in [1.29, 1.82) is 0 Å². The number of nitrogens with zero attached hydrogens (tertiary/aromatic N) is 2.